The van der Waals surface area contributed by atoms with Crippen molar-refractivity contribution in [2.75, 3.05) is 32.7 Å². The Morgan fingerprint density at radius 3 is 2.00 bits per heavy atom. The van der Waals surface area contributed by atoms with E-state index in [2.05, 4.69) is 23.6 Å². The summed E-state index contributed by atoms with van der Waals surface area (Å²) in [7, 11) is 0. The maximum atomic E-state index is 6.21. The highest BCUT2D eigenvalue weighted by molar-refractivity contribution is 5.78. The summed E-state index contributed by atoms with van der Waals surface area (Å²) in [6.45, 7) is 10.0. The second-order valence-electron chi connectivity index (χ2n) is 6.94. The van der Waals surface area contributed by atoms with E-state index in [1.54, 1.807) is 0 Å². The SMILES string of the molecule is CC(C)(CN=C(N)N1CCCCCC1)N1CCCCC1. The summed E-state index contributed by atoms with van der Waals surface area (Å²) >= 11 is 0. The Bertz CT molecular complexity index is 310. The van der Waals surface area contributed by atoms with Crippen molar-refractivity contribution in [2.45, 2.75) is 64.3 Å². The van der Waals surface area contributed by atoms with Crippen molar-refractivity contribution in [3.63, 3.8) is 0 Å². The average molecular weight is 280 g/mol. The minimum Gasteiger partial charge on any atom is -0.370 e. The number of hydrogen-bond donors (Lipinski definition) is 1. The molecule has 20 heavy (non-hydrogen) atoms. The molecule has 2 fully saturated rings. The van der Waals surface area contributed by atoms with Gasteiger partial charge in [0.15, 0.2) is 5.96 Å². The van der Waals surface area contributed by atoms with Crippen LogP contribution in [0.1, 0.15) is 58.8 Å². The zero-order valence-corrected chi connectivity index (χ0v) is 13.4. The molecule has 4 heteroatoms. The Morgan fingerprint density at radius 1 is 0.900 bits per heavy atom. The first-order chi connectivity index (χ1) is 9.59. The summed E-state index contributed by atoms with van der Waals surface area (Å²) < 4.78 is 0. The maximum Gasteiger partial charge on any atom is 0.191 e. The molecular weight excluding hydrogens is 248 g/mol. The van der Waals surface area contributed by atoms with Gasteiger partial charge in [-0.05, 0) is 52.6 Å². The fourth-order valence-electron chi connectivity index (χ4n) is 3.27. The van der Waals surface area contributed by atoms with Crippen molar-refractivity contribution in [1.29, 1.82) is 0 Å². The number of aliphatic imine (C=N–C) groups is 1. The molecule has 0 radical (unpaired) electrons. The van der Waals surface area contributed by atoms with Crippen molar-refractivity contribution in [1.82, 2.24) is 9.80 Å². The van der Waals surface area contributed by atoms with Gasteiger partial charge in [0.05, 0.1) is 6.54 Å². The first kappa shape index (κ1) is 15.6. The third kappa shape index (κ3) is 4.37. The lowest BCUT2D eigenvalue weighted by molar-refractivity contribution is 0.102. The molecule has 2 aliphatic heterocycles. The molecule has 2 N–H and O–H groups in total. The molecule has 0 spiro atoms. The van der Waals surface area contributed by atoms with Crippen LogP contribution in [0.15, 0.2) is 4.99 Å². The lowest BCUT2D eigenvalue weighted by Crippen LogP contribution is -2.49. The first-order valence-electron chi connectivity index (χ1n) is 8.39. The van der Waals surface area contributed by atoms with Crippen molar-refractivity contribution in [2.24, 2.45) is 10.7 Å². The topological polar surface area (TPSA) is 44.9 Å². The van der Waals surface area contributed by atoms with E-state index in [1.807, 2.05) is 0 Å². The van der Waals surface area contributed by atoms with Gasteiger partial charge in [-0.25, -0.2) is 0 Å². The fraction of sp³-hybridized carbons (Fsp3) is 0.938. The van der Waals surface area contributed by atoms with Crippen LogP contribution in [0, 0.1) is 0 Å². The zero-order chi connectivity index (χ0) is 14.4. The molecule has 0 aromatic carbocycles. The smallest absolute Gasteiger partial charge is 0.191 e. The molecular formula is C16H32N4. The van der Waals surface area contributed by atoms with Gasteiger partial charge in [0.25, 0.3) is 0 Å². The molecule has 2 heterocycles. The Kier molecular flexibility index (Phi) is 5.70. The highest BCUT2D eigenvalue weighted by Gasteiger charge is 2.27. The number of rotatable bonds is 3. The highest BCUT2D eigenvalue weighted by atomic mass is 15.3. The van der Waals surface area contributed by atoms with E-state index >= 15 is 0 Å². The quantitative estimate of drug-likeness (QED) is 0.638. The second kappa shape index (κ2) is 7.30. The minimum atomic E-state index is 0.136. The van der Waals surface area contributed by atoms with E-state index in [4.69, 9.17) is 10.7 Å². The predicted octanol–water partition coefficient (Wildman–Crippen LogP) is 2.44. The molecule has 2 aliphatic rings. The highest BCUT2D eigenvalue weighted by Crippen LogP contribution is 2.21. The summed E-state index contributed by atoms with van der Waals surface area (Å²) in [4.78, 5) is 9.57. The molecule has 0 unspecified atom stereocenters. The molecule has 0 atom stereocenters. The van der Waals surface area contributed by atoms with E-state index in [1.165, 1.54) is 58.0 Å². The Hall–Kier alpha value is -0.770. The number of nitrogens with zero attached hydrogens (tertiary/aromatic N) is 3. The third-order valence-corrected chi connectivity index (χ3v) is 4.77. The molecule has 116 valence electrons. The molecule has 0 aromatic rings. The van der Waals surface area contributed by atoms with Crippen molar-refractivity contribution < 1.29 is 0 Å². The molecule has 0 aromatic heterocycles. The summed E-state index contributed by atoms with van der Waals surface area (Å²) in [5.74, 6) is 0.761. The molecule has 0 aliphatic carbocycles. The van der Waals surface area contributed by atoms with Gasteiger partial charge in [-0.1, -0.05) is 19.3 Å². The van der Waals surface area contributed by atoms with E-state index in [9.17, 15) is 0 Å². The largest absolute Gasteiger partial charge is 0.370 e. The third-order valence-electron chi connectivity index (χ3n) is 4.77. The Balaban J connectivity index is 1.88. The number of likely N-dealkylation sites (tertiary alicyclic amines) is 2. The second-order valence-corrected chi connectivity index (χ2v) is 6.94. The molecule has 0 bridgehead atoms. The summed E-state index contributed by atoms with van der Waals surface area (Å²) in [5, 5.41) is 0. The Labute approximate surface area is 124 Å². The van der Waals surface area contributed by atoms with Crippen LogP contribution < -0.4 is 5.73 Å². The van der Waals surface area contributed by atoms with Gasteiger partial charge >= 0.3 is 0 Å². The number of nitrogens with two attached hydrogens (primary N) is 1. The molecule has 4 nitrogen and oxygen atoms in total. The fourth-order valence-corrected chi connectivity index (χ4v) is 3.27. The van der Waals surface area contributed by atoms with Gasteiger partial charge in [-0.3, -0.25) is 9.89 Å². The molecule has 2 saturated heterocycles. The Morgan fingerprint density at radius 2 is 1.40 bits per heavy atom. The monoisotopic (exact) mass is 280 g/mol. The minimum absolute atomic E-state index is 0.136. The molecule has 0 amide bonds. The lowest BCUT2D eigenvalue weighted by Gasteiger charge is -2.40. The van der Waals surface area contributed by atoms with Crippen molar-refractivity contribution >= 4 is 5.96 Å². The zero-order valence-electron chi connectivity index (χ0n) is 13.4. The number of piperidine rings is 1. The summed E-state index contributed by atoms with van der Waals surface area (Å²) in [5.41, 5.74) is 6.35. The van der Waals surface area contributed by atoms with E-state index in [0.717, 1.165) is 25.6 Å². The number of hydrogen-bond acceptors (Lipinski definition) is 2. The standard InChI is InChI=1S/C16H32N4/c1-16(2,20-12-8-5-9-13-20)14-18-15(17)19-10-6-3-4-7-11-19/h3-14H2,1-2H3,(H2,17,18). The lowest BCUT2D eigenvalue weighted by atomic mass is 9.99. The maximum absolute atomic E-state index is 6.21. The first-order valence-corrected chi connectivity index (χ1v) is 8.39. The summed E-state index contributed by atoms with van der Waals surface area (Å²) in [6, 6.07) is 0. The van der Waals surface area contributed by atoms with Gasteiger partial charge in [0.2, 0.25) is 0 Å². The van der Waals surface area contributed by atoms with Crippen LogP contribution in [0.2, 0.25) is 0 Å². The van der Waals surface area contributed by atoms with E-state index < -0.39 is 0 Å². The van der Waals surface area contributed by atoms with Crippen LogP contribution in [0.4, 0.5) is 0 Å². The van der Waals surface area contributed by atoms with Gasteiger partial charge in [-0.2, -0.15) is 0 Å². The normalized spacial score (nSPS) is 23.7. The van der Waals surface area contributed by atoms with E-state index in [0.29, 0.717) is 0 Å². The van der Waals surface area contributed by atoms with Crippen LogP contribution in [0.25, 0.3) is 0 Å². The molecule has 2 rings (SSSR count). The van der Waals surface area contributed by atoms with Crippen LogP contribution in [0.5, 0.6) is 0 Å². The van der Waals surface area contributed by atoms with Crippen LogP contribution in [-0.2, 0) is 0 Å². The average Bonchev–Trinajstić information content (AvgIpc) is 2.75. The van der Waals surface area contributed by atoms with Crippen LogP contribution in [0.3, 0.4) is 0 Å². The summed E-state index contributed by atoms with van der Waals surface area (Å²) in [6.07, 6.45) is 9.22. The van der Waals surface area contributed by atoms with Crippen molar-refractivity contribution in [3.8, 4) is 0 Å². The van der Waals surface area contributed by atoms with Crippen LogP contribution in [-0.4, -0.2) is 54.0 Å². The number of guanidine groups is 1. The van der Waals surface area contributed by atoms with Gasteiger partial charge in [0, 0.05) is 18.6 Å². The van der Waals surface area contributed by atoms with Gasteiger partial charge in [-0.15, -0.1) is 0 Å². The van der Waals surface area contributed by atoms with E-state index in [-0.39, 0.29) is 5.54 Å². The van der Waals surface area contributed by atoms with Gasteiger partial charge in [0.1, 0.15) is 0 Å². The van der Waals surface area contributed by atoms with Crippen LogP contribution >= 0.6 is 0 Å². The van der Waals surface area contributed by atoms with Gasteiger partial charge < -0.3 is 10.6 Å². The molecule has 0 saturated carbocycles. The van der Waals surface area contributed by atoms with Crippen molar-refractivity contribution in [3.05, 3.63) is 0 Å². The predicted molar refractivity (Wildman–Crippen MR) is 86.0 cm³/mol.